The number of hydrogen-bond donors (Lipinski definition) is 0. The second-order valence-electron chi connectivity index (χ2n) is 7.00. The lowest BCUT2D eigenvalue weighted by Gasteiger charge is -2.17. The maximum atomic E-state index is 15.1. The van der Waals surface area contributed by atoms with Gasteiger partial charge < -0.3 is 9.47 Å². The lowest BCUT2D eigenvalue weighted by atomic mass is 9.93. The molecule has 2 nitrogen and oxygen atoms in total. The van der Waals surface area contributed by atoms with Crippen molar-refractivity contribution in [1.82, 2.24) is 0 Å². The van der Waals surface area contributed by atoms with E-state index in [-0.39, 0.29) is 25.2 Å². The molecule has 0 amide bonds. The highest BCUT2D eigenvalue weighted by atomic mass is 35.5. The number of allylic oxidation sites excluding steroid dienone is 2. The van der Waals surface area contributed by atoms with Crippen LogP contribution >= 0.6 is 11.6 Å². The first-order valence-corrected chi connectivity index (χ1v) is 10.2. The van der Waals surface area contributed by atoms with Crippen LogP contribution in [0.4, 0.5) is 13.2 Å². The molecule has 0 N–H and O–H groups in total. The molecule has 0 spiro atoms. The minimum Gasteiger partial charge on any atom is -0.454 e. The first-order valence-electron chi connectivity index (χ1n) is 9.77. The molecule has 0 bridgehead atoms. The van der Waals surface area contributed by atoms with Gasteiger partial charge in [0.25, 0.3) is 0 Å². The molecule has 3 rings (SSSR count). The monoisotopic (exact) mass is 446 g/mol. The number of methoxy groups -OCH3 is 1. The Bertz CT molecular complexity index is 1020. The second kappa shape index (κ2) is 11.0. The summed E-state index contributed by atoms with van der Waals surface area (Å²) in [5, 5.41) is 0.511. The Balaban J connectivity index is 1.83. The van der Waals surface area contributed by atoms with Crippen molar-refractivity contribution in [2.45, 2.75) is 18.8 Å². The number of halogens is 4. The van der Waals surface area contributed by atoms with Crippen molar-refractivity contribution in [3.05, 3.63) is 106 Å². The SMILES string of the molecule is COCCC(C(F)=C(F)Cc1ccc(F)c(Oc2ccccc2)c1)c1ccc(Cl)cc1. The first-order chi connectivity index (χ1) is 15.0. The van der Waals surface area contributed by atoms with Gasteiger partial charge in [0.2, 0.25) is 0 Å². The standard InChI is InChI=1S/C25H22ClF3O2/c1-30-14-13-21(18-8-10-19(26)11-9-18)25(29)23(28)15-17-7-12-22(27)24(16-17)31-20-5-3-2-4-6-20/h2-12,16,21H,13-15H2,1H3. The lowest BCUT2D eigenvalue weighted by molar-refractivity contribution is 0.187. The molecule has 3 aromatic carbocycles. The van der Waals surface area contributed by atoms with Crippen molar-refractivity contribution in [3.63, 3.8) is 0 Å². The van der Waals surface area contributed by atoms with Gasteiger partial charge >= 0.3 is 0 Å². The van der Waals surface area contributed by atoms with Crippen molar-refractivity contribution in [2.75, 3.05) is 13.7 Å². The second-order valence-corrected chi connectivity index (χ2v) is 7.43. The number of rotatable bonds is 9. The zero-order valence-electron chi connectivity index (χ0n) is 17.0. The third-order valence-electron chi connectivity index (χ3n) is 4.77. The van der Waals surface area contributed by atoms with E-state index >= 15 is 4.39 Å². The fourth-order valence-corrected chi connectivity index (χ4v) is 3.30. The molecule has 0 heterocycles. The van der Waals surface area contributed by atoms with Crippen LogP contribution in [0.15, 0.2) is 84.5 Å². The summed E-state index contributed by atoms with van der Waals surface area (Å²) in [6.07, 6.45) is -0.0580. The van der Waals surface area contributed by atoms with Gasteiger partial charge in [-0.2, -0.15) is 0 Å². The summed E-state index contributed by atoms with van der Waals surface area (Å²) in [5.74, 6) is -2.80. The van der Waals surface area contributed by atoms with Crippen LogP contribution in [0.3, 0.4) is 0 Å². The highest BCUT2D eigenvalue weighted by Gasteiger charge is 2.22. The molecule has 0 saturated carbocycles. The molecular weight excluding hydrogens is 425 g/mol. The van der Waals surface area contributed by atoms with E-state index in [1.807, 2.05) is 6.07 Å². The molecule has 6 heteroatoms. The molecule has 3 aromatic rings. The van der Waals surface area contributed by atoms with Crippen LogP contribution in [0.1, 0.15) is 23.5 Å². The summed E-state index contributed by atoms with van der Waals surface area (Å²) < 4.78 is 54.7. The zero-order valence-corrected chi connectivity index (χ0v) is 17.7. The fourth-order valence-electron chi connectivity index (χ4n) is 3.17. The Morgan fingerprint density at radius 1 is 0.968 bits per heavy atom. The van der Waals surface area contributed by atoms with Crippen LogP contribution in [0.25, 0.3) is 0 Å². The quantitative estimate of drug-likeness (QED) is 0.334. The van der Waals surface area contributed by atoms with Crippen molar-refractivity contribution >= 4 is 11.6 Å². The van der Waals surface area contributed by atoms with Crippen molar-refractivity contribution in [2.24, 2.45) is 0 Å². The summed E-state index contributed by atoms with van der Waals surface area (Å²) >= 11 is 5.91. The Morgan fingerprint density at radius 2 is 1.68 bits per heavy atom. The van der Waals surface area contributed by atoms with Gasteiger partial charge in [-0.05, 0) is 53.9 Å². The Kier molecular flexibility index (Phi) is 8.15. The van der Waals surface area contributed by atoms with E-state index < -0.39 is 23.4 Å². The highest BCUT2D eigenvalue weighted by Crippen LogP contribution is 2.34. The van der Waals surface area contributed by atoms with Gasteiger partial charge in [0.15, 0.2) is 11.6 Å². The lowest BCUT2D eigenvalue weighted by Crippen LogP contribution is -2.06. The predicted molar refractivity (Wildman–Crippen MR) is 117 cm³/mol. The normalized spacial score (nSPS) is 12.9. The van der Waals surface area contributed by atoms with E-state index in [2.05, 4.69) is 0 Å². The van der Waals surface area contributed by atoms with Gasteiger partial charge in [-0.25, -0.2) is 13.2 Å². The summed E-state index contributed by atoms with van der Waals surface area (Å²) in [4.78, 5) is 0. The Morgan fingerprint density at radius 3 is 2.35 bits per heavy atom. The maximum Gasteiger partial charge on any atom is 0.165 e. The Hall–Kier alpha value is -2.76. The van der Waals surface area contributed by atoms with Crippen LogP contribution in [0.2, 0.25) is 5.02 Å². The van der Waals surface area contributed by atoms with E-state index in [9.17, 15) is 8.78 Å². The summed E-state index contributed by atoms with van der Waals surface area (Å²) in [7, 11) is 1.50. The molecular formula is C25H22ClF3O2. The predicted octanol–water partition coefficient (Wildman–Crippen LogP) is 7.78. The summed E-state index contributed by atoms with van der Waals surface area (Å²) in [6, 6.07) is 19.2. The van der Waals surface area contributed by atoms with E-state index in [1.165, 1.54) is 25.3 Å². The molecule has 31 heavy (non-hydrogen) atoms. The van der Waals surface area contributed by atoms with Crippen molar-refractivity contribution in [3.8, 4) is 11.5 Å². The number of hydrogen-bond acceptors (Lipinski definition) is 2. The van der Waals surface area contributed by atoms with E-state index in [4.69, 9.17) is 21.1 Å². The number of ether oxygens (including phenoxy) is 2. The van der Waals surface area contributed by atoms with Crippen LogP contribution in [-0.2, 0) is 11.2 Å². The molecule has 162 valence electrons. The molecule has 0 aliphatic rings. The molecule has 0 aliphatic heterocycles. The van der Waals surface area contributed by atoms with Crippen LogP contribution in [0.5, 0.6) is 11.5 Å². The van der Waals surface area contributed by atoms with Gasteiger partial charge in [-0.1, -0.05) is 48.0 Å². The molecule has 1 unspecified atom stereocenters. The highest BCUT2D eigenvalue weighted by molar-refractivity contribution is 6.30. The smallest absolute Gasteiger partial charge is 0.165 e. The molecule has 1 atom stereocenters. The van der Waals surface area contributed by atoms with Crippen LogP contribution in [0, 0.1) is 5.82 Å². The molecule has 0 fully saturated rings. The third kappa shape index (κ3) is 6.36. The van der Waals surface area contributed by atoms with Gasteiger partial charge in [0.05, 0.1) is 0 Å². The van der Waals surface area contributed by atoms with Crippen LogP contribution in [-0.4, -0.2) is 13.7 Å². The molecule has 0 radical (unpaired) electrons. The summed E-state index contributed by atoms with van der Waals surface area (Å²) in [6.45, 7) is 0.263. The first kappa shape index (κ1) is 22.9. The minimum atomic E-state index is -0.923. The van der Waals surface area contributed by atoms with Gasteiger partial charge in [-0.3, -0.25) is 0 Å². The van der Waals surface area contributed by atoms with Gasteiger partial charge in [0, 0.05) is 31.1 Å². The molecule has 0 aliphatic carbocycles. The number of benzene rings is 3. The average Bonchev–Trinajstić information content (AvgIpc) is 2.78. The van der Waals surface area contributed by atoms with Crippen molar-refractivity contribution in [1.29, 1.82) is 0 Å². The van der Waals surface area contributed by atoms with Crippen molar-refractivity contribution < 1.29 is 22.6 Å². The van der Waals surface area contributed by atoms with E-state index in [0.717, 1.165) is 0 Å². The van der Waals surface area contributed by atoms with E-state index in [0.29, 0.717) is 21.9 Å². The molecule has 0 saturated heterocycles. The Labute approximate surface area is 184 Å². The van der Waals surface area contributed by atoms with E-state index in [1.54, 1.807) is 48.5 Å². The topological polar surface area (TPSA) is 18.5 Å². The minimum absolute atomic E-state index is 0.0504. The summed E-state index contributed by atoms with van der Waals surface area (Å²) in [5.41, 5.74) is 0.989. The van der Waals surface area contributed by atoms with Gasteiger partial charge in [0.1, 0.15) is 17.4 Å². The molecule has 0 aromatic heterocycles. The largest absolute Gasteiger partial charge is 0.454 e. The fraction of sp³-hybridized carbons (Fsp3) is 0.200. The third-order valence-corrected chi connectivity index (χ3v) is 5.03. The maximum absolute atomic E-state index is 15.1. The zero-order chi connectivity index (χ0) is 22.2. The van der Waals surface area contributed by atoms with Gasteiger partial charge in [-0.15, -0.1) is 0 Å². The average molecular weight is 447 g/mol. The van der Waals surface area contributed by atoms with Crippen LogP contribution < -0.4 is 4.74 Å². The number of para-hydroxylation sites is 1.